The summed E-state index contributed by atoms with van der Waals surface area (Å²) in [6.07, 6.45) is 0. The average Bonchev–Trinajstić information content (AvgIpc) is 2.28. The van der Waals surface area contributed by atoms with Crippen molar-refractivity contribution in [3.63, 3.8) is 0 Å². The predicted octanol–water partition coefficient (Wildman–Crippen LogP) is 2.55. The Labute approximate surface area is 111 Å². The number of rotatable bonds is 4. The first-order valence-electron chi connectivity index (χ1n) is 4.86. The van der Waals surface area contributed by atoms with E-state index >= 15 is 0 Å². The lowest BCUT2D eigenvalue weighted by Gasteiger charge is -2.09. The third-order valence-corrected chi connectivity index (χ3v) is 4.70. The summed E-state index contributed by atoms with van der Waals surface area (Å²) in [6, 6.07) is 3.89. The van der Waals surface area contributed by atoms with Gasteiger partial charge in [-0.25, -0.2) is 8.42 Å². The van der Waals surface area contributed by atoms with Gasteiger partial charge in [-0.3, -0.25) is 4.79 Å². The molecule has 0 saturated carbocycles. The Balaban J connectivity index is 2.98. The molecule has 0 fully saturated rings. The fraction of sp³-hybridized carbons (Fsp3) is 0.300. The van der Waals surface area contributed by atoms with Gasteiger partial charge in [0.2, 0.25) is 0 Å². The average molecular weight is 314 g/mol. The summed E-state index contributed by atoms with van der Waals surface area (Å²) in [5, 5.41) is 7.88. The van der Waals surface area contributed by atoms with E-state index in [1.54, 1.807) is 0 Å². The highest BCUT2D eigenvalue weighted by atomic mass is 32.2. The zero-order valence-corrected chi connectivity index (χ0v) is 11.1. The van der Waals surface area contributed by atoms with Crippen LogP contribution in [0.25, 0.3) is 0 Å². The summed E-state index contributed by atoms with van der Waals surface area (Å²) < 4.78 is 58.9. The van der Waals surface area contributed by atoms with Gasteiger partial charge in [-0.15, -0.1) is 11.8 Å². The van der Waals surface area contributed by atoms with E-state index in [1.807, 2.05) is 0 Å². The molecular weight excluding hydrogens is 305 g/mol. The minimum atomic E-state index is -5.36. The lowest BCUT2D eigenvalue weighted by atomic mass is 10.4. The Kier molecular flexibility index (Phi) is 4.51. The molecule has 0 radical (unpaired) electrons. The molecule has 0 aliphatic carbocycles. The van der Waals surface area contributed by atoms with Gasteiger partial charge in [0.05, 0.1) is 4.90 Å². The summed E-state index contributed by atoms with van der Waals surface area (Å²) in [6.45, 7) is 1.41. The van der Waals surface area contributed by atoms with E-state index in [1.165, 1.54) is 6.92 Å². The van der Waals surface area contributed by atoms with Gasteiger partial charge in [0.15, 0.2) is 0 Å². The molecule has 1 unspecified atom stereocenters. The number of carbonyl (C=O) groups is 1. The first-order chi connectivity index (χ1) is 8.55. The number of hydrogen-bond acceptors (Lipinski definition) is 4. The third-order valence-electron chi connectivity index (χ3n) is 2.10. The summed E-state index contributed by atoms with van der Waals surface area (Å²) in [7, 11) is -5.36. The fourth-order valence-corrected chi connectivity index (χ4v) is 2.65. The molecule has 1 rings (SSSR count). The van der Waals surface area contributed by atoms with Crippen molar-refractivity contribution in [1.82, 2.24) is 0 Å². The van der Waals surface area contributed by atoms with Crippen LogP contribution >= 0.6 is 11.8 Å². The molecule has 0 heterocycles. The lowest BCUT2D eigenvalue weighted by molar-refractivity contribution is -0.136. The number of sulfone groups is 1. The molecule has 0 aliphatic heterocycles. The van der Waals surface area contributed by atoms with Crippen molar-refractivity contribution < 1.29 is 31.5 Å². The van der Waals surface area contributed by atoms with Crippen LogP contribution in [0.3, 0.4) is 0 Å². The summed E-state index contributed by atoms with van der Waals surface area (Å²) in [4.78, 5) is 10.1. The van der Waals surface area contributed by atoms with Crippen LogP contribution in [0.4, 0.5) is 13.2 Å². The predicted molar refractivity (Wildman–Crippen MR) is 62.6 cm³/mol. The largest absolute Gasteiger partial charge is 0.501 e. The van der Waals surface area contributed by atoms with Crippen LogP contribution < -0.4 is 0 Å². The SMILES string of the molecule is CC(Sc1ccc(S(=O)(=O)C(F)(F)F)cc1)C(=O)O. The van der Waals surface area contributed by atoms with E-state index in [9.17, 15) is 26.4 Å². The van der Waals surface area contributed by atoms with Crippen LogP contribution in [0.1, 0.15) is 6.92 Å². The normalized spacial score (nSPS) is 14.1. The first kappa shape index (κ1) is 15.8. The van der Waals surface area contributed by atoms with Crippen LogP contribution in [-0.2, 0) is 14.6 Å². The van der Waals surface area contributed by atoms with Crippen molar-refractivity contribution in [3.05, 3.63) is 24.3 Å². The molecule has 1 aromatic carbocycles. The van der Waals surface area contributed by atoms with Crippen molar-refractivity contribution >= 4 is 27.6 Å². The van der Waals surface area contributed by atoms with Gasteiger partial charge in [-0.2, -0.15) is 13.2 Å². The lowest BCUT2D eigenvalue weighted by Crippen LogP contribution is -2.23. The number of carboxylic acid groups (broad SMARTS) is 1. The zero-order chi connectivity index (χ0) is 14.8. The minimum Gasteiger partial charge on any atom is -0.480 e. The van der Waals surface area contributed by atoms with Crippen LogP contribution in [0.5, 0.6) is 0 Å². The molecule has 19 heavy (non-hydrogen) atoms. The van der Waals surface area contributed by atoms with Crippen molar-refractivity contribution in [3.8, 4) is 0 Å². The molecule has 0 aromatic heterocycles. The van der Waals surface area contributed by atoms with Gasteiger partial charge in [0, 0.05) is 4.90 Å². The van der Waals surface area contributed by atoms with Gasteiger partial charge in [-0.05, 0) is 31.2 Å². The van der Waals surface area contributed by atoms with Gasteiger partial charge in [-0.1, -0.05) is 0 Å². The maximum Gasteiger partial charge on any atom is 0.501 e. The summed E-state index contributed by atoms with van der Waals surface area (Å²) in [5.41, 5.74) is -5.35. The Hall–Kier alpha value is -1.22. The Morgan fingerprint density at radius 1 is 1.26 bits per heavy atom. The van der Waals surface area contributed by atoms with Crippen LogP contribution in [0, 0.1) is 0 Å². The fourth-order valence-electron chi connectivity index (χ4n) is 1.09. The Bertz CT molecular complexity index is 563. The second-order valence-electron chi connectivity index (χ2n) is 3.52. The van der Waals surface area contributed by atoms with E-state index in [0.717, 1.165) is 36.0 Å². The van der Waals surface area contributed by atoms with Gasteiger partial charge < -0.3 is 5.11 Å². The second kappa shape index (κ2) is 5.41. The molecule has 1 aromatic rings. The molecule has 0 bridgehead atoms. The number of thioether (sulfide) groups is 1. The topological polar surface area (TPSA) is 71.4 Å². The Morgan fingerprint density at radius 3 is 2.11 bits per heavy atom. The third kappa shape index (κ3) is 3.63. The Morgan fingerprint density at radius 2 is 1.74 bits per heavy atom. The molecule has 106 valence electrons. The van der Waals surface area contributed by atoms with E-state index in [-0.39, 0.29) is 0 Å². The van der Waals surface area contributed by atoms with Crippen LogP contribution in [0.2, 0.25) is 0 Å². The molecule has 1 N–H and O–H groups in total. The molecule has 0 aliphatic rings. The number of carboxylic acids is 1. The maximum atomic E-state index is 12.3. The maximum absolute atomic E-state index is 12.3. The van der Waals surface area contributed by atoms with E-state index < -0.39 is 31.5 Å². The highest BCUT2D eigenvalue weighted by Gasteiger charge is 2.46. The van der Waals surface area contributed by atoms with Gasteiger partial charge in [0.1, 0.15) is 5.25 Å². The number of halogens is 3. The minimum absolute atomic E-state index is 0.371. The van der Waals surface area contributed by atoms with E-state index in [2.05, 4.69) is 0 Å². The molecule has 1 atom stereocenters. The van der Waals surface area contributed by atoms with Crippen LogP contribution in [-0.4, -0.2) is 30.3 Å². The monoisotopic (exact) mass is 314 g/mol. The number of alkyl halides is 3. The van der Waals surface area contributed by atoms with E-state index in [4.69, 9.17) is 5.11 Å². The van der Waals surface area contributed by atoms with Crippen molar-refractivity contribution in [2.45, 2.75) is 27.5 Å². The van der Waals surface area contributed by atoms with Crippen molar-refractivity contribution in [1.29, 1.82) is 0 Å². The molecule has 0 amide bonds. The highest BCUT2D eigenvalue weighted by Crippen LogP contribution is 2.31. The zero-order valence-electron chi connectivity index (χ0n) is 9.51. The smallest absolute Gasteiger partial charge is 0.480 e. The van der Waals surface area contributed by atoms with Crippen molar-refractivity contribution in [2.24, 2.45) is 0 Å². The number of aliphatic carboxylic acids is 1. The van der Waals surface area contributed by atoms with E-state index in [0.29, 0.717) is 4.90 Å². The second-order valence-corrected chi connectivity index (χ2v) is 6.87. The molecule has 0 spiro atoms. The standard InChI is InChI=1S/C10H9F3O4S2/c1-6(9(14)15)18-7-2-4-8(5-3-7)19(16,17)10(11,12)13/h2-6H,1H3,(H,14,15). The molecule has 9 heteroatoms. The number of benzene rings is 1. The number of hydrogen-bond donors (Lipinski definition) is 1. The van der Waals surface area contributed by atoms with Crippen LogP contribution in [0.15, 0.2) is 34.1 Å². The molecular formula is C10H9F3O4S2. The summed E-state index contributed by atoms with van der Waals surface area (Å²) >= 11 is 0.903. The quantitative estimate of drug-likeness (QED) is 0.865. The molecule has 4 nitrogen and oxygen atoms in total. The van der Waals surface area contributed by atoms with Crippen molar-refractivity contribution in [2.75, 3.05) is 0 Å². The highest BCUT2D eigenvalue weighted by molar-refractivity contribution is 8.00. The van der Waals surface area contributed by atoms with Gasteiger partial charge in [0.25, 0.3) is 9.84 Å². The van der Waals surface area contributed by atoms with Gasteiger partial charge >= 0.3 is 11.5 Å². The molecule has 0 saturated heterocycles. The first-order valence-corrected chi connectivity index (χ1v) is 7.23. The summed E-state index contributed by atoms with van der Waals surface area (Å²) in [5.74, 6) is -1.07.